The Morgan fingerprint density at radius 1 is 1.18 bits per heavy atom. The van der Waals surface area contributed by atoms with Crippen LogP contribution in [0.25, 0.3) is 10.2 Å². The number of thiophene rings is 1. The number of nitrogens with zero attached hydrogens (tertiary/aromatic N) is 1. The molecule has 0 bridgehead atoms. The van der Waals surface area contributed by atoms with Gasteiger partial charge < -0.3 is 4.98 Å². The van der Waals surface area contributed by atoms with Crippen LogP contribution < -0.4 is 5.56 Å². The van der Waals surface area contributed by atoms with Crippen LogP contribution in [0.5, 0.6) is 0 Å². The highest BCUT2D eigenvalue weighted by Gasteiger charge is 2.13. The van der Waals surface area contributed by atoms with Crippen LogP contribution in [0.3, 0.4) is 0 Å². The average Bonchev–Trinajstić information content (AvgIpc) is 2.93. The predicted molar refractivity (Wildman–Crippen MR) is 94.9 cm³/mol. The fraction of sp³-hybridized carbons (Fsp3) is 0.294. The summed E-state index contributed by atoms with van der Waals surface area (Å²) in [5.74, 6) is 1.39. The Bertz CT molecular complexity index is 841. The van der Waals surface area contributed by atoms with Crippen molar-refractivity contribution in [2.24, 2.45) is 0 Å². The first-order chi connectivity index (χ1) is 10.4. The Labute approximate surface area is 137 Å². The van der Waals surface area contributed by atoms with Gasteiger partial charge in [0.05, 0.1) is 11.3 Å². The van der Waals surface area contributed by atoms with Gasteiger partial charge in [-0.1, -0.05) is 32.9 Å². The Balaban J connectivity index is 1.75. The van der Waals surface area contributed by atoms with Crippen molar-refractivity contribution in [1.82, 2.24) is 9.97 Å². The highest BCUT2D eigenvalue weighted by molar-refractivity contribution is 7.98. The molecule has 3 aromatic rings. The number of hydrogen-bond acceptors (Lipinski definition) is 4. The van der Waals surface area contributed by atoms with E-state index in [9.17, 15) is 4.79 Å². The third-order valence-electron chi connectivity index (χ3n) is 3.46. The van der Waals surface area contributed by atoms with Crippen LogP contribution >= 0.6 is 23.1 Å². The molecule has 3 rings (SSSR count). The fourth-order valence-corrected chi connectivity index (χ4v) is 3.69. The lowest BCUT2D eigenvalue weighted by atomic mass is 9.87. The summed E-state index contributed by atoms with van der Waals surface area (Å²) in [5.41, 5.74) is 2.23. The molecule has 5 heteroatoms. The maximum Gasteiger partial charge on any atom is 0.268 e. The number of rotatable bonds is 3. The Morgan fingerprint density at radius 2 is 1.91 bits per heavy atom. The molecule has 0 unspecified atom stereocenters. The van der Waals surface area contributed by atoms with Gasteiger partial charge in [0.25, 0.3) is 5.56 Å². The third kappa shape index (κ3) is 3.25. The van der Waals surface area contributed by atoms with Gasteiger partial charge >= 0.3 is 0 Å². The standard InChI is InChI=1S/C17H18N2OS2/c1-17(2,3)11-4-6-12(7-5-11)22-10-14-18-13-8-9-21-15(13)16(20)19-14/h4-9H,10H2,1-3H3,(H,18,19,20). The first kappa shape index (κ1) is 15.3. The zero-order chi connectivity index (χ0) is 15.7. The molecule has 1 N–H and O–H groups in total. The van der Waals surface area contributed by atoms with Gasteiger partial charge in [-0.25, -0.2) is 4.98 Å². The van der Waals surface area contributed by atoms with E-state index in [0.29, 0.717) is 10.5 Å². The van der Waals surface area contributed by atoms with Crippen molar-refractivity contribution < 1.29 is 0 Å². The molecule has 0 spiro atoms. The highest BCUT2D eigenvalue weighted by atomic mass is 32.2. The SMILES string of the molecule is CC(C)(C)c1ccc(SCc2nc3ccsc3c(=O)[nH]2)cc1. The molecule has 1 aromatic carbocycles. The molecule has 0 aliphatic heterocycles. The van der Waals surface area contributed by atoms with E-state index in [1.807, 2.05) is 11.4 Å². The van der Waals surface area contributed by atoms with Crippen LogP contribution in [0, 0.1) is 0 Å². The number of H-pyrrole nitrogens is 1. The molecule has 0 radical (unpaired) electrons. The van der Waals surface area contributed by atoms with Crippen molar-refractivity contribution in [3.05, 3.63) is 57.5 Å². The summed E-state index contributed by atoms with van der Waals surface area (Å²) in [4.78, 5) is 20.5. The molecule has 0 amide bonds. The number of thioether (sulfide) groups is 1. The topological polar surface area (TPSA) is 45.8 Å². The van der Waals surface area contributed by atoms with E-state index in [-0.39, 0.29) is 11.0 Å². The molecule has 0 aliphatic carbocycles. The summed E-state index contributed by atoms with van der Waals surface area (Å²) in [6.07, 6.45) is 0. The van der Waals surface area contributed by atoms with Crippen LogP contribution in [0.4, 0.5) is 0 Å². The molecule has 3 nitrogen and oxygen atoms in total. The van der Waals surface area contributed by atoms with Crippen molar-refractivity contribution in [3.8, 4) is 0 Å². The van der Waals surface area contributed by atoms with E-state index >= 15 is 0 Å². The van der Waals surface area contributed by atoms with Crippen molar-refractivity contribution >= 4 is 33.3 Å². The smallest absolute Gasteiger partial charge is 0.268 e. The lowest BCUT2D eigenvalue weighted by Gasteiger charge is -2.19. The van der Waals surface area contributed by atoms with Crippen LogP contribution in [0.15, 0.2) is 45.4 Å². The highest BCUT2D eigenvalue weighted by Crippen LogP contribution is 2.27. The number of nitrogens with one attached hydrogen (secondary N) is 1. The molecular formula is C17H18N2OS2. The molecular weight excluding hydrogens is 312 g/mol. The summed E-state index contributed by atoms with van der Waals surface area (Å²) >= 11 is 3.11. The molecule has 22 heavy (non-hydrogen) atoms. The second-order valence-corrected chi connectivity index (χ2v) is 8.18. The minimum Gasteiger partial charge on any atom is -0.309 e. The zero-order valence-corrected chi connectivity index (χ0v) is 14.5. The van der Waals surface area contributed by atoms with Crippen molar-refractivity contribution in [1.29, 1.82) is 0 Å². The zero-order valence-electron chi connectivity index (χ0n) is 12.8. The Hall–Kier alpha value is -1.59. The van der Waals surface area contributed by atoms with E-state index in [4.69, 9.17) is 0 Å². The van der Waals surface area contributed by atoms with Gasteiger partial charge in [0, 0.05) is 4.90 Å². The summed E-state index contributed by atoms with van der Waals surface area (Å²) in [6, 6.07) is 10.5. The normalized spacial score (nSPS) is 12.0. The third-order valence-corrected chi connectivity index (χ3v) is 5.39. The van der Waals surface area contributed by atoms with Crippen LogP contribution in [-0.4, -0.2) is 9.97 Å². The maximum atomic E-state index is 11.9. The van der Waals surface area contributed by atoms with Crippen molar-refractivity contribution in [2.75, 3.05) is 0 Å². The van der Waals surface area contributed by atoms with E-state index in [0.717, 1.165) is 11.3 Å². The lowest BCUT2D eigenvalue weighted by molar-refractivity contribution is 0.590. The summed E-state index contributed by atoms with van der Waals surface area (Å²) in [7, 11) is 0. The first-order valence-electron chi connectivity index (χ1n) is 7.13. The molecule has 0 atom stereocenters. The molecule has 0 aliphatic rings. The van der Waals surface area contributed by atoms with Gasteiger partial charge in [-0.05, 0) is 34.6 Å². The van der Waals surface area contributed by atoms with Gasteiger partial charge in [0.15, 0.2) is 0 Å². The van der Waals surface area contributed by atoms with Gasteiger partial charge in [-0.3, -0.25) is 4.79 Å². The maximum absolute atomic E-state index is 11.9. The van der Waals surface area contributed by atoms with E-state index in [1.165, 1.54) is 21.8 Å². The first-order valence-corrected chi connectivity index (χ1v) is 9.00. The number of fused-ring (bicyclic) bond motifs is 1. The molecule has 0 saturated carbocycles. The molecule has 0 saturated heterocycles. The predicted octanol–water partition coefficient (Wildman–Crippen LogP) is 4.57. The number of benzene rings is 1. The number of aromatic amines is 1. The Kier molecular flexibility index (Phi) is 4.10. The Morgan fingerprint density at radius 3 is 2.59 bits per heavy atom. The summed E-state index contributed by atoms with van der Waals surface area (Å²) < 4.78 is 0.697. The number of hydrogen-bond donors (Lipinski definition) is 1. The van der Waals surface area contributed by atoms with Gasteiger partial charge in [0.1, 0.15) is 10.5 Å². The quantitative estimate of drug-likeness (QED) is 0.715. The molecule has 2 aromatic heterocycles. The van der Waals surface area contributed by atoms with Crippen molar-refractivity contribution in [2.45, 2.75) is 36.8 Å². The monoisotopic (exact) mass is 330 g/mol. The fourth-order valence-electron chi connectivity index (χ4n) is 2.19. The molecule has 2 heterocycles. The lowest BCUT2D eigenvalue weighted by Crippen LogP contribution is -2.10. The van der Waals surface area contributed by atoms with E-state index in [2.05, 4.69) is 55.0 Å². The van der Waals surface area contributed by atoms with Crippen LogP contribution in [0.1, 0.15) is 32.2 Å². The van der Waals surface area contributed by atoms with Gasteiger partial charge in [0.2, 0.25) is 0 Å². The average molecular weight is 330 g/mol. The van der Waals surface area contributed by atoms with Crippen LogP contribution in [-0.2, 0) is 11.2 Å². The second-order valence-electron chi connectivity index (χ2n) is 6.21. The minimum atomic E-state index is -0.0429. The van der Waals surface area contributed by atoms with Gasteiger partial charge in [-0.15, -0.1) is 23.1 Å². The molecule has 0 fully saturated rings. The second kappa shape index (κ2) is 5.89. The number of aromatic nitrogens is 2. The molecule has 114 valence electrons. The summed E-state index contributed by atoms with van der Waals surface area (Å²) in [6.45, 7) is 6.62. The van der Waals surface area contributed by atoms with Crippen LogP contribution in [0.2, 0.25) is 0 Å². The summed E-state index contributed by atoms with van der Waals surface area (Å²) in [5, 5.41) is 1.90. The van der Waals surface area contributed by atoms with E-state index < -0.39 is 0 Å². The largest absolute Gasteiger partial charge is 0.309 e. The van der Waals surface area contributed by atoms with E-state index in [1.54, 1.807) is 11.8 Å². The van der Waals surface area contributed by atoms with Gasteiger partial charge in [-0.2, -0.15) is 0 Å². The minimum absolute atomic E-state index is 0.0429. The van der Waals surface area contributed by atoms with Crippen molar-refractivity contribution in [3.63, 3.8) is 0 Å².